The quantitative estimate of drug-likeness (QED) is 0.492. The zero-order valence-corrected chi connectivity index (χ0v) is 12.4. The first kappa shape index (κ1) is 14.4. The minimum absolute atomic E-state index is 0.0472. The molecule has 1 aromatic rings. The van der Waals surface area contributed by atoms with E-state index in [2.05, 4.69) is 5.32 Å². The van der Waals surface area contributed by atoms with E-state index < -0.39 is 15.7 Å². The Morgan fingerprint density at radius 2 is 2.24 bits per heavy atom. The third-order valence-corrected chi connectivity index (χ3v) is 4.27. The van der Waals surface area contributed by atoms with Crippen LogP contribution in [-0.2, 0) is 10.8 Å². The van der Waals surface area contributed by atoms with Gasteiger partial charge in [0, 0.05) is 38.5 Å². The molecule has 0 radical (unpaired) electrons. The second-order valence-electron chi connectivity index (χ2n) is 3.61. The number of nitro benzene ring substituents is 1. The highest BCUT2D eigenvalue weighted by Gasteiger charge is 2.15. The van der Waals surface area contributed by atoms with E-state index in [9.17, 15) is 14.3 Å². The van der Waals surface area contributed by atoms with E-state index in [1.807, 2.05) is 29.5 Å². The predicted octanol–water partition coefficient (Wildman–Crippen LogP) is 2.38. The van der Waals surface area contributed by atoms with Crippen LogP contribution in [0.15, 0.2) is 18.2 Å². The fourth-order valence-electron chi connectivity index (χ4n) is 1.18. The fourth-order valence-corrected chi connectivity index (χ4v) is 1.97. The molecule has 5 nitrogen and oxygen atoms in total. The van der Waals surface area contributed by atoms with Gasteiger partial charge < -0.3 is 5.32 Å². The number of anilines is 1. The molecule has 2 atom stereocenters. The van der Waals surface area contributed by atoms with Crippen molar-refractivity contribution in [1.29, 1.82) is 0 Å². The SMILES string of the molecule is CC(CNc1ccc(I)cc1[N+](=O)[O-])S(C)=O. The summed E-state index contributed by atoms with van der Waals surface area (Å²) in [5.74, 6) is 0. The van der Waals surface area contributed by atoms with Gasteiger partial charge in [0.2, 0.25) is 0 Å². The Labute approximate surface area is 116 Å². The van der Waals surface area contributed by atoms with E-state index in [-0.39, 0.29) is 10.9 Å². The third-order valence-electron chi connectivity index (χ3n) is 2.30. The highest BCUT2D eigenvalue weighted by Crippen LogP contribution is 2.26. The van der Waals surface area contributed by atoms with Crippen LogP contribution in [0, 0.1) is 13.7 Å². The average Bonchev–Trinajstić information content (AvgIpc) is 2.26. The maximum atomic E-state index is 11.2. The van der Waals surface area contributed by atoms with Crippen LogP contribution in [0.25, 0.3) is 0 Å². The van der Waals surface area contributed by atoms with Crippen molar-refractivity contribution in [2.24, 2.45) is 0 Å². The highest BCUT2D eigenvalue weighted by atomic mass is 127. The number of benzene rings is 1. The molecule has 0 spiro atoms. The molecule has 0 aromatic heterocycles. The van der Waals surface area contributed by atoms with Crippen LogP contribution in [-0.4, -0.2) is 27.2 Å². The van der Waals surface area contributed by atoms with Crippen molar-refractivity contribution >= 4 is 44.8 Å². The molecule has 0 aliphatic rings. The van der Waals surface area contributed by atoms with Gasteiger partial charge in [-0.15, -0.1) is 0 Å². The van der Waals surface area contributed by atoms with E-state index in [0.29, 0.717) is 12.2 Å². The second-order valence-corrected chi connectivity index (χ2v) is 6.66. The van der Waals surface area contributed by atoms with Crippen LogP contribution in [0.2, 0.25) is 0 Å². The maximum absolute atomic E-state index is 11.2. The lowest BCUT2D eigenvalue weighted by molar-refractivity contribution is -0.384. The molecule has 1 aromatic carbocycles. The van der Waals surface area contributed by atoms with Crippen LogP contribution < -0.4 is 5.32 Å². The van der Waals surface area contributed by atoms with Gasteiger partial charge in [-0.2, -0.15) is 0 Å². The minimum atomic E-state index is -0.940. The largest absolute Gasteiger partial charge is 0.378 e. The Bertz CT molecular complexity index is 453. The standard InChI is InChI=1S/C10H13IN2O3S/c1-7(17(2)16)6-12-9-4-3-8(11)5-10(9)13(14)15/h3-5,7,12H,6H2,1-2H3. The van der Waals surface area contributed by atoms with Gasteiger partial charge in [-0.05, 0) is 41.6 Å². The zero-order chi connectivity index (χ0) is 13.0. The number of nitrogens with zero attached hydrogens (tertiary/aromatic N) is 1. The predicted molar refractivity (Wildman–Crippen MR) is 77.8 cm³/mol. The Morgan fingerprint density at radius 1 is 1.59 bits per heavy atom. The monoisotopic (exact) mass is 368 g/mol. The number of nitro groups is 1. The summed E-state index contributed by atoms with van der Waals surface area (Å²) < 4.78 is 12.0. The van der Waals surface area contributed by atoms with Crippen LogP contribution >= 0.6 is 22.6 Å². The first-order valence-corrected chi connectivity index (χ1v) is 7.62. The lowest BCUT2D eigenvalue weighted by Gasteiger charge is -2.11. The number of nitrogens with one attached hydrogen (secondary N) is 1. The first-order valence-electron chi connectivity index (χ1n) is 4.92. The highest BCUT2D eigenvalue weighted by molar-refractivity contribution is 14.1. The van der Waals surface area contributed by atoms with Crippen LogP contribution in [0.5, 0.6) is 0 Å². The molecule has 7 heteroatoms. The molecule has 0 saturated carbocycles. The molecule has 94 valence electrons. The summed E-state index contributed by atoms with van der Waals surface area (Å²) in [5.41, 5.74) is 0.513. The van der Waals surface area contributed by atoms with Crippen LogP contribution in [0.3, 0.4) is 0 Å². The average molecular weight is 368 g/mol. The van der Waals surface area contributed by atoms with E-state index in [1.165, 1.54) is 6.07 Å². The van der Waals surface area contributed by atoms with Gasteiger partial charge in [-0.3, -0.25) is 14.3 Å². The smallest absolute Gasteiger partial charge is 0.293 e. The Kier molecular flexibility index (Phi) is 5.31. The summed E-state index contributed by atoms with van der Waals surface area (Å²) in [5, 5.41) is 13.8. The van der Waals surface area contributed by atoms with Crippen molar-refractivity contribution in [2.75, 3.05) is 18.1 Å². The summed E-state index contributed by atoms with van der Waals surface area (Å²) in [6.07, 6.45) is 1.62. The van der Waals surface area contributed by atoms with Crippen LogP contribution in [0.1, 0.15) is 6.92 Å². The molecule has 0 heterocycles. The van der Waals surface area contributed by atoms with Crippen molar-refractivity contribution < 1.29 is 9.13 Å². The lowest BCUT2D eigenvalue weighted by Crippen LogP contribution is -2.21. The molecular formula is C10H13IN2O3S. The van der Waals surface area contributed by atoms with Gasteiger partial charge in [0.05, 0.1) is 4.92 Å². The molecule has 2 unspecified atom stereocenters. The summed E-state index contributed by atoms with van der Waals surface area (Å²) in [6.45, 7) is 2.28. The van der Waals surface area contributed by atoms with Gasteiger partial charge in [0.1, 0.15) is 5.69 Å². The second kappa shape index (κ2) is 6.29. The van der Waals surface area contributed by atoms with Gasteiger partial charge in [0.25, 0.3) is 5.69 Å². The number of rotatable bonds is 5. The van der Waals surface area contributed by atoms with Crippen molar-refractivity contribution in [1.82, 2.24) is 0 Å². The van der Waals surface area contributed by atoms with Gasteiger partial charge in [-0.25, -0.2) is 0 Å². The Balaban J connectivity index is 2.84. The molecule has 0 bridgehead atoms. The maximum Gasteiger partial charge on any atom is 0.293 e. The molecular weight excluding hydrogens is 355 g/mol. The molecule has 0 aliphatic carbocycles. The van der Waals surface area contributed by atoms with Crippen molar-refractivity contribution in [2.45, 2.75) is 12.2 Å². The lowest BCUT2D eigenvalue weighted by atomic mass is 10.2. The van der Waals surface area contributed by atoms with Gasteiger partial charge in [0.15, 0.2) is 0 Å². The van der Waals surface area contributed by atoms with E-state index in [4.69, 9.17) is 0 Å². The van der Waals surface area contributed by atoms with Crippen LogP contribution in [0.4, 0.5) is 11.4 Å². The third kappa shape index (κ3) is 4.23. The summed E-state index contributed by atoms with van der Waals surface area (Å²) >= 11 is 2.03. The normalized spacial score (nSPS) is 14.1. The topological polar surface area (TPSA) is 72.2 Å². The zero-order valence-electron chi connectivity index (χ0n) is 9.47. The van der Waals surface area contributed by atoms with Crippen molar-refractivity contribution in [3.05, 3.63) is 31.9 Å². The van der Waals surface area contributed by atoms with E-state index >= 15 is 0 Å². The molecule has 17 heavy (non-hydrogen) atoms. The number of hydrogen-bond donors (Lipinski definition) is 1. The molecule has 0 aliphatic heterocycles. The minimum Gasteiger partial charge on any atom is -0.378 e. The molecule has 0 saturated heterocycles. The Morgan fingerprint density at radius 3 is 2.76 bits per heavy atom. The first-order chi connectivity index (χ1) is 7.91. The van der Waals surface area contributed by atoms with Crippen molar-refractivity contribution in [3.63, 3.8) is 0 Å². The molecule has 1 N–H and O–H groups in total. The molecule has 0 amide bonds. The molecule has 1 rings (SSSR count). The van der Waals surface area contributed by atoms with Crippen molar-refractivity contribution in [3.8, 4) is 0 Å². The van der Waals surface area contributed by atoms with Gasteiger partial charge >= 0.3 is 0 Å². The summed E-state index contributed by atoms with van der Waals surface area (Å²) in [7, 11) is -0.940. The fraction of sp³-hybridized carbons (Fsp3) is 0.400. The molecule has 0 fully saturated rings. The summed E-state index contributed by atoms with van der Waals surface area (Å²) in [4.78, 5) is 10.4. The Hall–Kier alpha value is -0.700. The summed E-state index contributed by atoms with van der Waals surface area (Å²) in [6, 6.07) is 4.98. The van der Waals surface area contributed by atoms with E-state index in [1.54, 1.807) is 18.4 Å². The van der Waals surface area contributed by atoms with E-state index in [0.717, 1.165) is 3.57 Å². The number of hydrogen-bond acceptors (Lipinski definition) is 4. The number of halogens is 1. The van der Waals surface area contributed by atoms with Gasteiger partial charge in [-0.1, -0.05) is 0 Å².